The number of esters is 1. The van der Waals surface area contributed by atoms with Crippen molar-refractivity contribution in [3.8, 4) is 0 Å². The molecule has 0 bridgehead atoms. The highest BCUT2D eigenvalue weighted by molar-refractivity contribution is 5.77. The third-order valence-corrected chi connectivity index (χ3v) is 7.87. The molecule has 0 aromatic rings. The van der Waals surface area contributed by atoms with E-state index >= 15 is 0 Å². The molecule has 0 heterocycles. The molecule has 0 aromatic carbocycles. The van der Waals surface area contributed by atoms with E-state index in [1.54, 1.807) is 7.11 Å². The quantitative estimate of drug-likeness (QED) is 0.648. The van der Waals surface area contributed by atoms with Crippen molar-refractivity contribution in [2.24, 2.45) is 34.5 Å². The fraction of sp³-hybridized carbons (Fsp3) is 0.947. The number of fused-ring (bicyclic) bond motifs is 3. The molecule has 0 N–H and O–H groups in total. The second-order valence-corrected chi connectivity index (χ2v) is 8.50. The molecule has 0 radical (unpaired) electrons. The summed E-state index contributed by atoms with van der Waals surface area (Å²) < 4.78 is 5.25. The zero-order valence-electron chi connectivity index (χ0n) is 14.3. The van der Waals surface area contributed by atoms with Crippen molar-refractivity contribution in [2.45, 2.75) is 72.1 Å². The zero-order chi connectivity index (χ0) is 15.3. The second-order valence-electron chi connectivity index (χ2n) is 8.50. The van der Waals surface area contributed by atoms with Crippen LogP contribution in [0.5, 0.6) is 0 Å². The van der Waals surface area contributed by atoms with Crippen molar-refractivity contribution < 1.29 is 9.53 Å². The van der Waals surface area contributed by atoms with E-state index < -0.39 is 0 Å². The predicted molar refractivity (Wildman–Crippen MR) is 84.8 cm³/mol. The van der Waals surface area contributed by atoms with Crippen molar-refractivity contribution in [2.75, 3.05) is 7.11 Å². The summed E-state index contributed by atoms with van der Waals surface area (Å²) >= 11 is 0. The van der Waals surface area contributed by atoms with Gasteiger partial charge in [-0.1, -0.05) is 33.1 Å². The van der Waals surface area contributed by atoms with E-state index in [0.717, 1.165) is 11.8 Å². The Kier molecular flexibility index (Phi) is 3.86. The summed E-state index contributed by atoms with van der Waals surface area (Å²) in [7, 11) is 1.57. The first-order valence-electron chi connectivity index (χ1n) is 9.03. The third-order valence-electron chi connectivity index (χ3n) is 7.87. The van der Waals surface area contributed by atoms with Gasteiger partial charge in [-0.2, -0.15) is 0 Å². The van der Waals surface area contributed by atoms with E-state index in [9.17, 15) is 4.79 Å². The van der Waals surface area contributed by atoms with Crippen LogP contribution >= 0.6 is 0 Å². The average Bonchev–Trinajstić information content (AvgIpc) is 2.50. The van der Waals surface area contributed by atoms with Gasteiger partial charge in [-0.15, -0.1) is 0 Å². The normalized spacial score (nSPS) is 49.9. The van der Waals surface area contributed by atoms with Gasteiger partial charge in [-0.25, -0.2) is 0 Å². The summed E-state index contributed by atoms with van der Waals surface area (Å²) in [5.74, 6) is 2.78. The van der Waals surface area contributed by atoms with Gasteiger partial charge in [-0.05, 0) is 68.1 Å². The lowest BCUT2D eigenvalue weighted by Gasteiger charge is -2.62. The maximum absolute atomic E-state index is 12.6. The Morgan fingerprint density at radius 2 is 1.76 bits per heavy atom. The van der Waals surface area contributed by atoms with Crippen LogP contribution in [0.2, 0.25) is 0 Å². The maximum Gasteiger partial charge on any atom is 0.312 e. The van der Waals surface area contributed by atoms with Gasteiger partial charge in [0.2, 0.25) is 0 Å². The Bertz CT molecular complexity index is 418. The molecule has 3 fully saturated rings. The van der Waals surface area contributed by atoms with Crippen LogP contribution in [0.1, 0.15) is 72.1 Å². The summed E-state index contributed by atoms with van der Waals surface area (Å²) in [6, 6.07) is 0. The summed E-state index contributed by atoms with van der Waals surface area (Å²) in [4.78, 5) is 12.6. The van der Waals surface area contributed by atoms with E-state index in [1.807, 2.05) is 0 Å². The average molecular weight is 292 g/mol. The highest BCUT2D eigenvalue weighted by Crippen LogP contribution is 2.65. The molecule has 0 spiro atoms. The number of ether oxygens (including phenoxy) is 1. The number of methoxy groups -OCH3 is 1. The van der Waals surface area contributed by atoms with Crippen LogP contribution in [-0.2, 0) is 9.53 Å². The van der Waals surface area contributed by atoms with Crippen LogP contribution in [0.25, 0.3) is 0 Å². The molecule has 0 amide bonds. The predicted octanol–water partition coefficient (Wildman–Crippen LogP) is 4.82. The smallest absolute Gasteiger partial charge is 0.312 e. The Morgan fingerprint density at radius 3 is 2.48 bits per heavy atom. The van der Waals surface area contributed by atoms with Gasteiger partial charge < -0.3 is 4.74 Å². The summed E-state index contributed by atoms with van der Waals surface area (Å²) in [6.07, 6.45) is 10.7. The minimum Gasteiger partial charge on any atom is -0.469 e. The molecule has 0 aliphatic heterocycles. The molecule has 120 valence electrons. The van der Waals surface area contributed by atoms with Crippen LogP contribution in [0.3, 0.4) is 0 Å². The van der Waals surface area contributed by atoms with Crippen LogP contribution in [-0.4, -0.2) is 13.1 Å². The minimum absolute atomic E-state index is 0.0418. The Morgan fingerprint density at radius 1 is 1.05 bits per heavy atom. The molecule has 3 aliphatic rings. The van der Waals surface area contributed by atoms with Crippen molar-refractivity contribution in [3.05, 3.63) is 0 Å². The van der Waals surface area contributed by atoms with Crippen molar-refractivity contribution in [1.82, 2.24) is 0 Å². The molecule has 3 rings (SSSR count). The van der Waals surface area contributed by atoms with E-state index in [4.69, 9.17) is 4.74 Å². The minimum atomic E-state index is -0.274. The Hall–Kier alpha value is -0.530. The number of carbonyl (C=O) groups excluding carboxylic acids is 1. The van der Waals surface area contributed by atoms with Gasteiger partial charge in [0.1, 0.15) is 0 Å². The molecule has 0 aromatic heterocycles. The van der Waals surface area contributed by atoms with E-state index in [1.165, 1.54) is 51.4 Å². The van der Waals surface area contributed by atoms with Crippen LogP contribution in [0.15, 0.2) is 0 Å². The largest absolute Gasteiger partial charge is 0.469 e. The lowest BCUT2D eigenvalue weighted by molar-refractivity contribution is -0.184. The summed E-state index contributed by atoms with van der Waals surface area (Å²) in [6.45, 7) is 6.98. The van der Waals surface area contributed by atoms with Gasteiger partial charge in [0, 0.05) is 0 Å². The standard InChI is InChI=1S/C19H32O2/c1-13-11-12-18(2)15-8-6-5-7-14(15)9-10-16(18)19(13,3)17(20)21-4/h13-16H,5-12H2,1-4H3/t13?,14-,15+,16?,18-,19+/m1/s1. The number of hydrogen-bond donors (Lipinski definition) is 0. The first-order valence-corrected chi connectivity index (χ1v) is 9.03. The van der Waals surface area contributed by atoms with Gasteiger partial charge in [0.15, 0.2) is 0 Å². The first kappa shape index (κ1) is 15.4. The summed E-state index contributed by atoms with van der Waals surface area (Å²) in [5.41, 5.74) is 0.0863. The number of carbonyl (C=O) groups is 1. The monoisotopic (exact) mass is 292 g/mol. The van der Waals surface area contributed by atoms with Gasteiger partial charge in [-0.3, -0.25) is 4.79 Å². The molecular weight excluding hydrogens is 260 g/mol. The van der Waals surface area contributed by atoms with Gasteiger partial charge in [0.05, 0.1) is 12.5 Å². The van der Waals surface area contributed by atoms with Gasteiger partial charge >= 0.3 is 5.97 Å². The fourth-order valence-corrected chi connectivity index (χ4v) is 6.47. The van der Waals surface area contributed by atoms with Gasteiger partial charge in [0.25, 0.3) is 0 Å². The third kappa shape index (κ3) is 2.08. The zero-order valence-corrected chi connectivity index (χ0v) is 14.3. The summed E-state index contributed by atoms with van der Waals surface area (Å²) in [5, 5.41) is 0. The van der Waals surface area contributed by atoms with E-state index in [-0.39, 0.29) is 11.4 Å². The van der Waals surface area contributed by atoms with Crippen LogP contribution in [0, 0.1) is 34.5 Å². The molecular formula is C19H32O2. The van der Waals surface area contributed by atoms with E-state index in [2.05, 4.69) is 20.8 Å². The van der Waals surface area contributed by atoms with Crippen LogP contribution in [0.4, 0.5) is 0 Å². The molecule has 21 heavy (non-hydrogen) atoms. The fourth-order valence-electron chi connectivity index (χ4n) is 6.47. The van der Waals surface area contributed by atoms with Crippen molar-refractivity contribution in [1.29, 1.82) is 0 Å². The van der Waals surface area contributed by atoms with E-state index in [0.29, 0.717) is 17.3 Å². The topological polar surface area (TPSA) is 26.3 Å². The Balaban J connectivity index is 1.97. The highest BCUT2D eigenvalue weighted by Gasteiger charge is 2.61. The molecule has 3 aliphatic carbocycles. The molecule has 2 unspecified atom stereocenters. The van der Waals surface area contributed by atoms with Crippen molar-refractivity contribution in [3.63, 3.8) is 0 Å². The molecule has 6 atom stereocenters. The maximum atomic E-state index is 12.6. The SMILES string of the molecule is COC(=O)[C@@]1(C)C(C)CC[C@@]2(C)C1CC[C@H]1CCCC[C@@H]12. The number of hydrogen-bond acceptors (Lipinski definition) is 2. The Labute approximate surface area is 130 Å². The van der Waals surface area contributed by atoms with Crippen molar-refractivity contribution >= 4 is 5.97 Å². The molecule has 0 saturated heterocycles. The number of rotatable bonds is 1. The lowest BCUT2D eigenvalue weighted by Crippen LogP contribution is -2.58. The molecule has 2 heteroatoms. The first-order chi connectivity index (χ1) is 9.94. The molecule has 2 nitrogen and oxygen atoms in total. The highest BCUT2D eigenvalue weighted by atomic mass is 16.5. The second kappa shape index (κ2) is 5.28. The lowest BCUT2D eigenvalue weighted by atomic mass is 9.42. The van der Waals surface area contributed by atoms with Crippen LogP contribution < -0.4 is 0 Å². The molecule has 3 saturated carbocycles.